The Balaban J connectivity index is 2.08. The number of halogens is 2. The van der Waals surface area contributed by atoms with Gasteiger partial charge in [-0.1, -0.05) is 48.0 Å². The zero-order chi connectivity index (χ0) is 13.8. The van der Waals surface area contributed by atoms with Crippen LogP contribution in [0.4, 0.5) is 4.39 Å². The fourth-order valence-electron chi connectivity index (χ4n) is 1.89. The molecule has 0 aliphatic carbocycles. The van der Waals surface area contributed by atoms with Crippen molar-refractivity contribution in [1.29, 1.82) is 0 Å². The first-order valence-electron chi connectivity index (χ1n) is 5.93. The summed E-state index contributed by atoms with van der Waals surface area (Å²) >= 11 is 5.67. The monoisotopic (exact) mass is 280 g/mol. The minimum absolute atomic E-state index is 0.0129. The summed E-state index contributed by atoms with van der Waals surface area (Å²) in [6, 6.07) is 13.2. The number of hydrogen-bond acceptors (Lipinski definition) is 2. The van der Waals surface area contributed by atoms with Crippen LogP contribution in [0.15, 0.2) is 48.5 Å². The summed E-state index contributed by atoms with van der Waals surface area (Å²) in [5.41, 5.74) is 1.32. The van der Waals surface area contributed by atoms with E-state index in [-0.39, 0.29) is 11.4 Å². The quantitative estimate of drug-likeness (QED) is 0.903. The minimum atomic E-state index is -0.981. The van der Waals surface area contributed by atoms with E-state index in [4.69, 9.17) is 11.6 Å². The molecular formula is C15H14ClFO2. The Morgan fingerprint density at radius 3 is 2.37 bits per heavy atom. The lowest BCUT2D eigenvalue weighted by Crippen LogP contribution is -2.20. The van der Waals surface area contributed by atoms with Crippen molar-refractivity contribution in [1.82, 2.24) is 0 Å². The second-order valence-corrected chi connectivity index (χ2v) is 4.78. The lowest BCUT2D eigenvalue weighted by molar-refractivity contribution is 0.0189. The lowest BCUT2D eigenvalue weighted by Gasteiger charge is -2.18. The van der Waals surface area contributed by atoms with Gasteiger partial charge in [-0.2, -0.15) is 0 Å². The van der Waals surface area contributed by atoms with Gasteiger partial charge in [0, 0.05) is 6.42 Å². The normalized spacial score (nSPS) is 14.1. The molecule has 2 unspecified atom stereocenters. The zero-order valence-corrected chi connectivity index (χ0v) is 10.9. The van der Waals surface area contributed by atoms with Gasteiger partial charge in [0.05, 0.1) is 11.1 Å². The van der Waals surface area contributed by atoms with Crippen LogP contribution >= 0.6 is 11.6 Å². The number of aliphatic hydroxyl groups excluding tert-OH is 2. The Bertz CT molecular complexity index is 545. The SMILES string of the molecule is OC(Cc1ccc(F)c(Cl)c1)C(O)c1ccccc1. The van der Waals surface area contributed by atoms with E-state index in [0.717, 1.165) is 0 Å². The molecule has 4 heteroatoms. The van der Waals surface area contributed by atoms with Gasteiger partial charge in [-0.3, -0.25) is 0 Å². The van der Waals surface area contributed by atoms with E-state index in [1.54, 1.807) is 30.3 Å². The molecule has 0 aromatic heterocycles. The summed E-state index contributed by atoms with van der Waals surface area (Å²) in [4.78, 5) is 0. The van der Waals surface area contributed by atoms with Gasteiger partial charge in [0.1, 0.15) is 11.9 Å². The molecule has 2 aromatic rings. The number of hydrogen-bond donors (Lipinski definition) is 2. The summed E-state index contributed by atoms with van der Waals surface area (Å²) in [7, 11) is 0. The average Bonchev–Trinajstić information content (AvgIpc) is 2.43. The van der Waals surface area contributed by atoms with E-state index in [1.165, 1.54) is 12.1 Å². The Morgan fingerprint density at radius 2 is 1.74 bits per heavy atom. The lowest BCUT2D eigenvalue weighted by atomic mass is 9.98. The molecule has 2 aromatic carbocycles. The van der Waals surface area contributed by atoms with Gasteiger partial charge in [-0.05, 0) is 23.3 Å². The summed E-state index contributed by atoms with van der Waals surface area (Å²) in [5, 5.41) is 20.0. The van der Waals surface area contributed by atoms with E-state index in [2.05, 4.69) is 0 Å². The highest BCUT2D eigenvalue weighted by Crippen LogP contribution is 2.22. The minimum Gasteiger partial charge on any atom is -0.390 e. The zero-order valence-electron chi connectivity index (χ0n) is 10.1. The number of rotatable bonds is 4. The fourth-order valence-corrected chi connectivity index (χ4v) is 2.10. The molecular weight excluding hydrogens is 267 g/mol. The molecule has 2 nitrogen and oxygen atoms in total. The van der Waals surface area contributed by atoms with Gasteiger partial charge < -0.3 is 10.2 Å². The molecule has 0 fully saturated rings. The van der Waals surface area contributed by atoms with Crippen LogP contribution in [0.3, 0.4) is 0 Å². The molecule has 0 aliphatic heterocycles. The van der Waals surface area contributed by atoms with Crippen LogP contribution in [0.5, 0.6) is 0 Å². The first-order chi connectivity index (χ1) is 9.08. The highest BCUT2D eigenvalue weighted by molar-refractivity contribution is 6.30. The molecule has 0 radical (unpaired) electrons. The van der Waals surface area contributed by atoms with Gasteiger partial charge in [0.25, 0.3) is 0 Å². The molecule has 0 aliphatic rings. The third-order valence-electron chi connectivity index (χ3n) is 2.93. The van der Waals surface area contributed by atoms with Crippen LogP contribution in [0.25, 0.3) is 0 Å². The Hall–Kier alpha value is -1.42. The highest BCUT2D eigenvalue weighted by atomic mass is 35.5. The summed E-state index contributed by atoms with van der Waals surface area (Å²) in [6.45, 7) is 0. The third-order valence-corrected chi connectivity index (χ3v) is 3.22. The predicted octanol–water partition coefficient (Wildman–Crippen LogP) is 3.12. The molecule has 0 saturated carbocycles. The predicted molar refractivity (Wildman–Crippen MR) is 72.5 cm³/mol. The van der Waals surface area contributed by atoms with Gasteiger partial charge >= 0.3 is 0 Å². The number of aliphatic hydroxyl groups is 2. The van der Waals surface area contributed by atoms with Gasteiger partial charge in [0.2, 0.25) is 0 Å². The Labute approximate surface area is 116 Å². The van der Waals surface area contributed by atoms with Crippen molar-refractivity contribution in [3.63, 3.8) is 0 Å². The van der Waals surface area contributed by atoms with Crippen molar-refractivity contribution in [3.05, 3.63) is 70.5 Å². The van der Waals surface area contributed by atoms with Crippen molar-refractivity contribution in [2.75, 3.05) is 0 Å². The van der Waals surface area contributed by atoms with Gasteiger partial charge in [0.15, 0.2) is 0 Å². The van der Waals surface area contributed by atoms with Crippen LogP contribution < -0.4 is 0 Å². The summed E-state index contributed by atoms with van der Waals surface area (Å²) in [5.74, 6) is -0.497. The molecule has 0 spiro atoms. The molecule has 0 bridgehead atoms. The molecule has 0 heterocycles. The van der Waals surface area contributed by atoms with E-state index in [0.29, 0.717) is 11.1 Å². The maximum Gasteiger partial charge on any atom is 0.141 e. The smallest absolute Gasteiger partial charge is 0.141 e. The highest BCUT2D eigenvalue weighted by Gasteiger charge is 2.18. The largest absolute Gasteiger partial charge is 0.390 e. The molecule has 19 heavy (non-hydrogen) atoms. The maximum atomic E-state index is 13.0. The molecule has 2 N–H and O–H groups in total. The molecule has 0 saturated heterocycles. The van der Waals surface area contributed by atoms with E-state index in [9.17, 15) is 14.6 Å². The molecule has 100 valence electrons. The van der Waals surface area contributed by atoms with E-state index in [1.807, 2.05) is 6.07 Å². The van der Waals surface area contributed by atoms with Crippen LogP contribution in [0, 0.1) is 5.82 Å². The second-order valence-electron chi connectivity index (χ2n) is 4.38. The van der Waals surface area contributed by atoms with E-state index >= 15 is 0 Å². The summed E-state index contributed by atoms with van der Waals surface area (Å²) < 4.78 is 13.0. The van der Waals surface area contributed by atoms with Crippen LogP contribution in [0.1, 0.15) is 17.2 Å². The first-order valence-corrected chi connectivity index (χ1v) is 6.30. The molecule has 2 atom stereocenters. The standard InChI is InChI=1S/C15H14ClFO2/c16-12-8-10(6-7-13(12)17)9-14(18)15(19)11-4-2-1-3-5-11/h1-8,14-15,18-19H,9H2. The Morgan fingerprint density at radius 1 is 1.05 bits per heavy atom. The van der Waals surface area contributed by atoms with Crippen LogP contribution in [0.2, 0.25) is 5.02 Å². The second kappa shape index (κ2) is 6.15. The third kappa shape index (κ3) is 3.53. The maximum absolute atomic E-state index is 13.0. The topological polar surface area (TPSA) is 40.5 Å². The fraction of sp³-hybridized carbons (Fsp3) is 0.200. The van der Waals surface area contributed by atoms with Gasteiger partial charge in [-0.25, -0.2) is 4.39 Å². The average molecular weight is 281 g/mol. The van der Waals surface area contributed by atoms with Gasteiger partial charge in [-0.15, -0.1) is 0 Å². The summed E-state index contributed by atoms with van der Waals surface area (Å²) in [6.07, 6.45) is -1.75. The van der Waals surface area contributed by atoms with Crippen molar-refractivity contribution in [2.45, 2.75) is 18.6 Å². The molecule has 2 rings (SSSR count). The van der Waals surface area contributed by atoms with Crippen molar-refractivity contribution < 1.29 is 14.6 Å². The Kier molecular flexibility index (Phi) is 4.53. The van der Waals surface area contributed by atoms with E-state index < -0.39 is 18.0 Å². The van der Waals surface area contributed by atoms with Crippen molar-refractivity contribution >= 4 is 11.6 Å². The van der Waals surface area contributed by atoms with Crippen LogP contribution in [-0.2, 0) is 6.42 Å². The molecule has 0 amide bonds. The first kappa shape index (κ1) is 14.0. The number of benzene rings is 2. The van der Waals surface area contributed by atoms with Crippen molar-refractivity contribution in [2.24, 2.45) is 0 Å². The van der Waals surface area contributed by atoms with Crippen molar-refractivity contribution in [3.8, 4) is 0 Å². The van der Waals surface area contributed by atoms with Crippen LogP contribution in [-0.4, -0.2) is 16.3 Å².